The number of nitrogens with two attached hydrogens (primary N) is 1. The average Bonchev–Trinajstić information content (AvgIpc) is 3.66. The topological polar surface area (TPSA) is 150 Å². The molecule has 0 radical (unpaired) electrons. The Morgan fingerprint density at radius 2 is 1.85 bits per heavy atom. The molecule has 4 N–H and O–H groups in total. The van der Waals surface area contributed by atoms with Crippen LogP contribution in [0.1, 0.15) is 53.0 Å². The molecule has 0 unspecified atom stereocenters. The molecule has 3 aromatic heterocycles. The van der Waals surface area contributed by atoms with Crippen LogP contribution >= 0.6 is 0 Å². The van der Waals surface area contributed by atoms with Crippen LogP contribution in [0.3, 0.4) is 0 Å². The van der Waals surface area contributed by atoms with Crippen LogP contribution in [0.25, 0.3) is 16.9 Å². The van der Waals surface area contributed by atoms with E-state index in [-0.39, 0.29) is 46.4 Å². The van der Waals surface area contributed by atoms with E-state index in [2.05, 4.69) is 19.4 Å². The summed E-state index contributed by atoms with van der Waals surface area (Å²) in [5.74, 6) is -3.91. The first-order chi connectivity index (χ1) is 22.1. The van der Waals surface area contributed by atoms with Crippen molar-refractivity contribution in [2.45, 2.75) is 50.2 Å². The molecule has 2 amide bonds. The van der Waals surface area contributed by atoms with Crippen LogP contribution in [0.5, 0.6) is 17.2 Å². The van der Waals surface area contributed by atoms with Gasteiger partial charge in [-0.2, -0.15) is 13.2 Å². The highest BCUT2D eigenvalue weighted by Gasteiger charge is 2.57. The van der Waals surface area contributed by atoms with Crippen LogP contribution in [0.15, 0.2) is 42.7 Å². The first-order valence-electron chi connectivity index (χ1n) is 14.2. The van der Waals surface area contributed by atoms with Crippen molar-refractivity contribution in [1.82, 2.24) is 19.7 Å². The molecule has 1 aromatic carbocycles. The van der Waals surface area contributed by atoms with Gasteiger partial charge in [0.15, 0.2) is 23.0 Å². The zero-order valence-corrected chi connectivity index (χ0v) is 24.3. The van der Waals surface area contributed by atoms with E-state index in [0.717, 1.165) is 37.1 Å². The zero-order valence-electron chi connectivity index (χ0n) is 24.3. The van der Waals surface area contributed by atoms with Gasteiger partial charge in [0.05, 0.1) is 36.5 Å². The predicted octanol–water partition coefficient (Wildman–Crippen LogP) is 4.34. The molecule has 1 saturated carbocycles. The lowest BCUT2D eigenvalue weighted by Crippen LogP contribution is -2.51. The van der Waals surface area contributed by atoms with E-state index in [0.29, 0.717) is 5.69 Å². The number of ether oxygens (including phenoxy) is 3. The normalized spacial score (nSPS) is 16.6. The number of rotatable bonds is 10. The van der Waals surface area contributed by atoms with E-state index in [1.54, 1.807) is 0 Å². The number of aromatic nitrogens is 3. The van der Waals surface area contributed by atoms with Crippen LogP contribution in [-0.2, 0) is 16.8 Å². The number of nitrogens with zero attached hydrogens (tertiary/aromatic N) is 3. The summed E-state index contributed by atoms with van der Waals surface area (Å²) < 4.78 is 102. The first-order valence-corrected chi connectivity index (χ1v) is 14.2. The van der Waals surface area contributed by atoms with Crippen molar-refractivity contribution in [2.24, 2.45) is 5.73 Å². The number of fused-ring (bicyclic) bond motifs is 2. The number of alkyl halides is 5. The third-order valence-electron chi connectivity index (χ3n) is 7.56. The Labute approximate surface area is 261 Å². The third kappa shape index (κ3) is 6.09. The number of pyridine rings is 2. The molecule has 17 heteroatoms. The van der Waals surface area contributed by atoms with Gasteiger partial charge in [-0.1, -0.05) is 0 Å². The zero-order chi connectivity index (χ0) is 33.9. The second-order valence-corrected chi connectivity index (χ2v) is 11.0. The van der Waals surface area contributed by atoms with E-state index in [1.165, 1.54) is 29.8 Å². The number of carbonyl (C=O) groups is 2. The molecule has 1 aliphatic carbocycles. The molecule has 1 atom stereocenters. The van der Waals surface area contributed by atoms with Crippen LogP contribution < -0.4 is 25.3 Å². The SMILES string of the molecule is CCOc1c(CC(N)=O)cc([C@@](O)(CNC(=O)c2cc(F)c3nc(C4CC4)cn3c2)C(F)(F)F)nc1-c1ccc2c(c1)OC(F)(F)O2. The minimum Gasteiger partial charge on any atom is -0.491 e. The molecule has 248 valence electrons. The largest absolute Gasteiger partial charge is 0.586 e. The van der Waals surface area contributed by atoms with Crippen LogP contribution in [0, 0.1) is 5.82 Å². The number of halogens is 6. The van der Waals surface area contributed by atoms with E-state index in [9.17, 15) is 41.0 Å². The molecule has 0 saturated heterocycles. The maximum atomic E-state index is 14.8. The number of hydrogen-bond donors (Lipinski definition) is 3. The summed E-state index contributed by atoms with van der Waals surface area (Å²) in [6.07, 6.45) is -5.69. The number of aliphatic hydroxyl groups is 1. The summed E-state index contributed by atoms with van der Waals surface area (Å²) in [7, 11) is 0. The highest BCUT2D eigenvalue weighted by atomic mass is 19.4. The van der Waals surface area contributed by atoms with Crippen molar-refractivity contribution in [2.75, 3.05) is 13.2 Å². The maximum absolute atomic E-state index is 14.8. The maximum Gasteiger partial charge on any atom is 0.586 e. The average molecular weight is 666 g/mol. The standard InChI is InChI=1S/C30H25F6N5O6/c1-2-45-25-16(10-23(37)42)9-22(40-24(25)15-5-6-20-21(8-15)47-30(35,36)46-20)28(44,29(32,33)34)13-38-27(43)17-7-18(31)26-39-19(14-3-4-14)12-41(26)11-17/h5-9,11-12,14,44H,2-4,10,13H2,1H3,(H2,37,42)(H,38,43)/t28-/m0/s1. The molecule has 1 aliphatic heterocycles. The fourth-order valence-electron chi connectivity index (χ4n) is 5.14. The predicted molar refractivity (Wildman–Crippen MR) is 149 cm³/mol. The molecular formula is C30H25F6N5O6. The number of nitrogens with one attached hydrogen (secondary N) is 1. The van der Waals surface area contributed by atoms with Crippen molar-refractivity contribution < 1.29 is 55.2 Å². The Bertz CT molecular complexity index is 1910. The number of carbonyl (C=O) groups excluding carboxylic acids is 2. The van der Waals surface area contributed by atoms with E-state index >= 15 is 0 Å². The summed E-state index contributed by atoms with van der Waals surface area (Å²) in [6.45, 7) is -0.0394. The number of primary amides is 1. The lowest BCUT2D eigenvalue weighted by Gasteiger charge is -2.31. The number of benzene rings is 1. The second-order valence-electron chi connectivity index (χ2n) is 11.0. The third-order valence-corrected chi connectivity index (χ3v) is 7.56. The van der Waals surface area contributed by atoms with Gasteiger partial charge in [0.1, 0.15) is 11.4 Å². The van der Waals surface area contributed by atoms with Gasteiger partial charge in [-0.3, -0.25) is 9.59 Å². The second kappa shape index (κ2) is 11.3. The number of imidazole rings is 1. The summed E-state index contributed by atoms with van der Waals surface area (Å²) in [5.41, 5.74) is -0.158. The minimum atomic E-state index is -5.49. The molecular weight excluding hydrogens is 640 g/mol. The van der Waals surface area contributed by atoms with Crippen molar-refractivity contribution in [1.29, 1.82) is 0 Å². The first kappa shape index (κ1) is 31.9. The van der Waals surface area contributed by atoms with Gasteiger partial charge in [0.2, 0.25) is 11.5 Å². The molecule has 4 heterocycles. The van der Waals surface area contributed by atoms with Gasteiger partial charge in [0.25, 0.3) is 5.91 Å². The lowest BCUT2D eigenvalue weighted by molar-refractivity contribution is -0.286. The number of amides is 2. The molecule has 1 fully saturated rings. The van der Waals surface area contributed by atoms with E-state index < -0.39 is 65.8 Å². The van der Waals surface area contributed by atoms with Crippen molar-refractivity contribution in [3.63, 3.8) is 0 Å². The Morgan fingerprint density at radius 1 is 1.13 bits per heavy atom. The molecule has 0 spiro atoms. The summed E-state index contributed by atoms with van der Waals surface area (Å²) in [5, 5.41) is 13.2. The van der Waals surface area contributed by atoms with Crippen molar-refractivity contribution in [3.8, 4) is 28.5 Å². The van der Waals surface area contributed by atoms with E-state index in [1.807, 2.05) is 5.32 Å². The smallest absolute Gasteiger partial charge is 0.491 e. The summed E-state index contributed by atoms with van der Waals surface area (Å²) >= 11 is 0. The Balaban J connectivity index is 1.39. The molecule has 4 aromatic rings. The Kier molecular flexibility index (Phi) is 7.69. The van der Waals surface area contributed by atoms with Crippen LogP contribution in [0.2, 0.25) is 0 Å². The van der Waals surface area contributed by atoms with Crippen LogP contribution in [-0.4, -0.2) is 56.9 Å². The fourth-order valence-corrected chi connectivity index (χ4v) is 5.14. The quantitative estimate of drug-likeness (QED) is 0.212. The molecule has 47 heavy (non-hydrogen) atoms. The fraction of sp³-hybridized carbons (Fsp3) is 0.333. The number of hydrogen-bond acceptors (Lipinski definition) is 8. The van der Waals surface area contributed by atoms with Gasteiger partial charge >= 0.3 is 12.5 Å². The highest BCUT2D eigenvalue weighted by molar-refractivity contribution is 5.94. The van der Waals surface area contributed by atoms with Gasteiger partial charge in [-0.05, 0) is 50.1 Å². The summed E-state index contributed by atoms with van der Waals surface area (Å²) in [6, 6.07) is 4.79. The summed E-state index contributed by atoms with van der Waals surface area (Å²) in [4.78, 5) is 33.2. The lowest BCUT2D eigenvalue weighted by atomic mass is 9.93. The molecule has 11 nitrogen and oxygen atoms in total. The highest BCUT2D eigenvalue weighted by Crippen LogP contribution is 2.46. The Hall–Kier alpha value is -5.06. The van der Waals surface area contributed by atoms with Crippen molar-refractivity contribution in [3.05, 3.63) is 71.1 Å². The van der Waals surface area contributed by atoms with Crippen LogP contribution in [0.4, 0.5) is 26.3 Å². The van der Waals surface area contributed by atoms with Gasteiger partial charge < -0.3 is 34.8 Å². The minimum absolute atomic E-state index is 0.0596. The molecule has 2 aliphatic rings. The monoisotopic (exact) mass is 665 g/mol. The van der Waals surface area contributed by atoms with Gasteiger partial charge in [-0.25, -0.2) is 14.4 Å². The van der Waals surface area contributed by atoms with Gasteiger partial charge in [0, 0.05) is 29.4 Å². The molecule has 0 bridgehead atoms. The van der Waals surface area contributed by atoms with Gasteiger partial charge in [-0.15, -0.1) is 8.78 Å². The Morgan fingerprint density at radius 3 is 2.51 bits per heavy atom. The van der Waals surface area contributed by atoms with E-state index in [4.69, 9.17) is 10.5 Å². The molecule has 6 rings (SSSR count). The van der Waals surface area contributed by atoms with Crippen molar-refractivity contribution >= 4 is 17.5 Å².